The molecule has 74 valence electrons. The normalized spacial score (nSPS) is 34.5. The summed E-state index contributed by atoms with van der Waals surface area (Å²) in [6, 6.07) is 0. The Balaban J connectivity index is 1.70. The predicted octanol–water partition coefficient (Wildman–Crippen LogP) is 1.81. The smallest absolute Gasteiger partial charge is 0.335 e. The van der Waals surface area contributed by atoms with E-state index in [1.807, 2.05) is 0 Å². The Kier molecular flexibility index (Phi) is 2.54. The first kappa shape index (κ1) is 9.00. The van der Waals surface area contributed by atoms with E-state index in [0.717, 1.165) is 12.3 Å². The number of ether oxygens (including phenoxy) is 1. The monoisotopic (exact) mass is 184 g/mol. The van der Waals surface area contributed by atoms with Crippen LogP contribution in [0.5, 0.6) is 0 Å². The summed E-state index contributed by atoms with van der Waals surface area (Å²) >= 11 is 0. The molecule has 1 heterocycles. The van der Waals surface area contributed by atoms with Gasteiger partial charge in [0.25, 0.3) is 0 Å². The average Bonchev–Trinajstić information content (AvgIpc) is 2.86. The average molecular weight is 184 g/mol. The van der Waals surface area contributed by atoms with Crippen LogP contribution in [0.25, 0.3) is 0 Å². The van der Waals surface area contributed by atoms with E-state index >= 15 is 0 Å². The Bertz CT molecular complexity index is 196. The standard InChI is InChI=1S/C10H16O3/c11-10(12)9-8(13-9)6-7-4-2-1-3-5-7/h7-9H,1-6H2,(H,11,12)/t8-,9+/m1/s1. The van der Waals surface area contributed by atoms with Gasteiger partial charge >= 0.3 is 5.97 Å². The Morgan fingerprint density at radius 1 is 1.31 bits per heavy atom. The minimum atomic E-state index is -0.791. The van der Waals surface area contributed by atoms with Gasteiger partial charge in [-0.25, -0.2) is 4.79 Å². The van der Waals surface area contributed by atoms with Crippen molar-refractivity contribution in [3.63, 3.8) is 0 Å². The van der Waals surface area contributed by atoms with Crippen molar-refractivity contribution in [2.24, 2.45) is 5.92 Å². The fraction of sp³-hybridized carbons (Fsp3) is 0.900. The molecule has 0 aromatic rings. The summed E-state index contributed by atoms with van der Waals surface area (Å²) in [4.78, 5) is 10.5. The second-order valence-electron chi connectivity index (χ2n) is 4.17. The molecule has 1 N–H and O–H groups in total. The molecule has 3 nitrogen and oxygen atoms in total. The maximum atomic E-state index is 10.5. The van der Waals surface area contributed by atoms with Gasteiger partial charge in [-0.3, -0.25) is 0 Å². The molecule has 1 saturated heterocycles. The van der Waals surface area contributed by atoms with E-state index in [1.54, 1.807) is 0 Å². The van der Waals surface area contributed by atoms with Crippen molar-refractivity contribution in [2.75, 3.05) is 0 Å². The highest BCUT2D eigenvalue weighted by Gasteiger charge is 2.45. The van der Waals surface area contributed by atoms with Gasteiger partial charge in [-0.2, -0.15) is 0 Å². The molecule has 1 saturated carbocycles. The zero-order valence-corrected chi connectivity index (χ0v) is 7.74. The van der Waals surface area contributed by atoms with Crippen LogP contribution in [0, 0.1) is 5.92 Å². The second-order valence-corrected chi connectivity index (χ2v) is 4.17. The molecular weight excluding hydrogens is 168 g/mol. The molecule has 0 aromatic carbocycles. The molecule has 0 bridgehead atoms. The molecule has 0 radical (unpaired) electrons. The highest BCUT2D eigenvalue weighted by molar-refractivity contribution is 5.75. The van der Waals surface area contributed by atoms with Crippen LogP contribution in [0.3, 0.4) is 0 Å². The Morgan fingerprint density at radius 3 is 2.54 bits per heavy atom. The van der Waals surface area contributed by atoms with Gasteiger partial charge in [-0.05, 0) is 12.3 Å². The molecule has 0 spiro atoms. The maximum absolute atomic E-state index is 10.5. The molecule has 0 unspecified atom stereocenters. The number of epoxide rings is 1. The second kappa shape index (κ2) is 3.66. The van der Waals surface area contributed by atoms with E-state index in [9.17, 15) is 4.79 Å². The Labute approximate surface area is 78.1 Å². The maximum Gasteiger partial charge on any atom is 0.335 e. The SMILES string of the molecule is O=C(O)[C@H]1O[C@@H]1CC1CCCCC1. The number of hydrogen-bond acceptors (Lipinski definition) is 2. The van der Waals surface area contributed by atoms with Crippen LogP contribution in [-0.2, 0) is 9.53 Å². The van der Waals surface area contributed by atoms with Crippen LogP contribution in [0.2, 0.25) is 0 Å². The summed E-state index contributed by atoms with van der Waals surface area (Å²) in [5.74, 6) is -0.0658. The van der Waals surface area contributed by atoms with Gasteiger partial charge in [-0.1, -0.05) is 32.1 Å². The highest BCUT2D eigenvalue weighted by atomic mass is 16.6. The molecule has 0 aromatic heterocycles. The summed E-state index contributed by atoms with van der Waals surface area (Å²) < 4.78 is 5.08. The van der Waals surface area contributed by atoms with Crippen molar-refractivity contribution in [1.29, 1.82) is 0 Å². The lowest BCUT2D eigenvalue weighted by Crippen LogP contribution is -2.13. The number of hydrogen-bond donors (Lipinski definition) is 1. The fourth-order valence-electron chi connectivity index (χ4n) is 2.29. The molecule has 1 aliphatic heterocycles. The third-order valence-electron chi connectivity index (χ3n) is 3.12. The van der Waals surface area contributed by atoms with Crippen molar-refractivity contribution >= 4 is 5.97 Å². The molecule has 2 rings (SSSR count). The van der Waals surface area contributed by atoms with Crippen LogP contribution in [0.15, 0.2) is 0 Å². The molecule has 3 heteroatoms. The van der Waals surface area contributed by atoms with Crippen LogP contribution in [-0.4, -0.2) is 23.3 Å². The van der Waals surface area contributed by atoms with Gasteiger partial charge in [0.15, 0.2) is 6.10 Å². The molecular formula is C10H16O3. The van der Waals surface area contributed by atoms with Gasteiger partial charge < -0.3 is 9.84 Å². The number of carbonyl (C=O) groups is 1. The lowest BCUT2D eigenvalue weighted by atomic mass is 9.86. The zero-order valence-electron chi connectivity index (χ0n) is 7.74. The molecule has 13 heavy (non-hydrogen) atoms. The van der Waals surface area contributed by atoms with Crippen LogP contribution >= 0.6 is 0 Å². The summed E-state index contributed by atoms with van der Waals surface area (Å²) in [7, 11) is 0. The van der Waals surface area contributed by atoms with Gasteiger partial charge in [0, 0.05) is 0 Å². The third kappa shape index (κ3) is 2.21. The molecule has 2 atom stereocenters. The van der Waals surface area contributed by atoms with Crippen molar-refractivity contribution < 1.29 is 14.6 Å². The number of rotatable bonds is 3. The zero-order chi connectivity index (χ0) is 9.26. The number of carboxylic acids is 1. The van der Waals surface area contributed by atoms with E-state index in [1.165, 1.54) is 32.1 Å². The first-order chi connectivity index (χ1) is 6.27. The van der Waals surface area contributed by atoms with Crippen LogP contribution < -0.4 is 0 Å². The minimum Gasteiger partial charge on any atom is -0.479 e. The topological polar surface area (TPSA) is 49.8 Å². The number of carboxylic acid groups (broad SMARTS) is 1. The van der Waals surface area contributed by atoms with Gasteiger partial charge in [-0.15, -0.1) is 0 Å². The third-order valence-corrected chi connectivity index (χ3v) is 3.12. The lowest BCUT2D eigenvalue weighted by molar-refractivity contribution is -0.138. The molecule has 1 aliphatic carbocycles. The van der Waals surface area contributed by atoms with Crippen molar-refractivity contribution in [2.45, 2.75) is 50.7 Å². The number of aliphatic carboxylic acids is 1. The summed E-state index contributed by atoms with van der Waals surface area (Å²) in [5, 5.41) is 8.63. The summed E-state index contributed by atoms with van der Waals surface area (Å²) in [5.41, 5.74) is 0. The van der Waals surface area contributed by atoms with Gasteiger partial charge in [0.2, 0.25) is 0 Å². The Morgan fingerprint density at radius 2 is 2.00 bits per heavy atom. The van der Waals surface area contributed by atoms with E-state index in [-0.39, 0.29) is 6.10 Å². The highest BCUT2D eigenvalue weighted by Crippen LogP contribution is 2.35. The van der Waals surface area contributed by atoms with E-state index < -0.39 is 12.1 Å². The van der Waals surface area contributed by atoms with E-state index in [0.29, 0.717) is 0 Å². The predicted molar refractivity (Wildman–Crippen MR) is 47.5 cm³/mol. The van der Waals surface area contributed by atoms with E-state index in [2.05, 4.69) is 0 Å². The van der Waals surface area contributed by atoms with Gasteiger partial charge in [0.05, 0.1) is 6.10 Å². The molecule has 2 aliphatic rings. The quantitative estimate of drug-likeness (QED) is 0.680. The van der Waals surface area contributed by atoms with Crippen LogP contribution in [0.4, 0.5) is 0 Å². The fourth-order valence-corrected chi connectivity index (χ4v) is 2.29. The van der Waals surface area contributed by atoms with Gasteiger partial charge in [0.1, 0.15) is 0 Å². The summed E-state index contributed by atoms with van der Waals surface area (Å²) in [6.07, 6.45) is 7.03. The first-order valence-electron chi connectivity index (χ1n) is 5.15. The molecule has 0 amide bonds. The molecule has 2 fully saturated rings. The Hall–Kier alpha value is -0.570. The van der Waals surface area contributed by atoms with E-state index in [4.69, 9.17) is 9.84 Å². The summed E-state index contributed by atoms with van der Waals surface area (Å²) in [6.45, 7) is 0. The van der Waals surface area contributed by atoms with Crippen LogP contribution in [0.1, 0.15) is 38.5 Å². The first-order valence-corrected chi connectivity index (χ1v) is 5.15. The lowest BCUT2D eigenvalue weighted by Gasteiger charge is -2.20. The van der Waals surface area contributed by atoms with Crippen molar-refractivity contribution in [1.82, 2.24) is 0 Å². The van der Waals surface area contributed by atoms with Crippen molar-refractivity contribution in [3.05, 3.63) is 0 Å². The largest absolute Gasteiger partial charge is 0.479 e. The van der Waals surface area contributed by atoms with Crippen molar-refractivity contribution in [3.8, 4) is 0 Å². The minimum absolute atomic E-state index is 0.0283.